The van der Waals surface area contributed by atoms with Crippen molar-refractivity contribution in [1.29, 1.82) is 0 Å². The molecule has 1 N–H and O–H groups in total. The second-order valence-electron chi connectivity index (χ2n) is 4.80. The van der Waals surface area contributed by atoms with Gasteiger partial charge >= 0.3 is 0 Å². The third kappa shape index (κ3) is 2.29. The fraction of sp³-hybridized carbons (Fsp3) is 1.00. The zero-order valence-electron chi connectivity index (χ0n) is 9.47. The summed E-state index contributed by atoms with van der Waals surface area (Å²) < 4.78 is 0. The molecule has 2 aliphatic rings. The SMILES string of the molecule is CCCCCN1CCN[C@@H]2CCC[C@H]21. The normalized spacial score (nSPS) is 33.2. The molecule has 1 heterocycles. The lowest BCUT2D eigenvalue weighted by Crippen LogP contribution is -2.55. The van der Waals surface area contributed by atoms with Crippen LogP contribution in [0.4, 0.5) is 0 Å². The smallest absolute Gasteiger partial charge is 0.0249 e. The van der Waals surface area contributed by atoms with Gasteiger partial charge in [0, 0.05) is 25.2 Å². The maximum absolute atomic E-state index is 3.66. The molecule has 82 valence electrons. The van der Waals surface area contributed by atoms with E-state index >= 15 is 0 Å². The Morgan fingerprint density at radius 3 is 3.07 bits per heavy atom. The Balaban J connectivity index is 1.78. The Kier molecular flexibility index (Phi) is 3.82. The van der Waals surface area contributed by atoms with Crippen LogP contribution < -0.4 is 5.32 Å². The van der Waals surface area contributed by atoms with Gasteiger partial charge in [0.25, 0.3) is 0 Å². The van der Waals surface area contributed by atoms with Gasteiger partial charge in [-0.3, -0.25) is 4.90 Å². The second kappa shape index (κ2) is 5.13. The molecule has 0 radical (unpaired) electrons. The highest BCUT2D eigenvalue weighted by atomic mass is 15.2. The quantitative estimate of drug-likeness (QED) is 0.692. The number of hydrogen-bond donors (Lipinski definition) is 1. The molecule has 2 atom stereocenters. The first-order valence-corrected chi connectivity index (χ1v) is 6.39. The van der Waals surface area contributed by atoms with E-state index in [9.17, 15) is 0 Å². The van der Waals surface area contributed by atoms with Gasteiger partial charge in [0.1, 0.15) is 0 Å². The average Bonchev–Trinajstić information content (AvgIpc) is 2.67. The summed E-state index contributed by atoms with van der Waals surface area (Å²) in [5.74, 6) is 0. The van der Waals surface area contributed by atoms with Gasteiger partial charge in [-0.05, 0) is 25.8 Å². The molecular weight excluding hydrogens is 172 g/mol. The summed E-state index contributed by atoms with van der Waals surface area (Å²) in [6.07, 6.45) is 8.44. The molecule has 0 aromatic rings. The van der Waals surface area contributed by atoms with E-state index in [4.69, 9.17) is 0 Å². The summed E-state index contributed by atoms with van der Waals surface area (Å²) in [5.41, 5.74) is 0. The number of unbranched alkanes of at least 4 members (excludes halogenated alkanes) is 2. The first-order chi connectivity index (χ1) is 6.92. The zero-order chi connectivity index (χ0) is 9.80. The van der Waals surface area contributed by atoms with Crippen molar-refractivity contribution in [3.8, 4) is 0 Å². The van der Waals surface area contributed by atoms with E-state index in [0.29, 0.717) is 0 Å². The number of piperazine rings is 1. The second-order valence-corrected chi connectivity index (χ2v) is 4.80. The lowest BCUT2D eigenvalue weighted by Gasteiger charge is -2.38. The molecule has 14 heavy (non-hydrogen) atoms. The molecule has 2 fully saturated rings. The Hall–Kier alpha value is -0.0800. The van der Waals surface area contributed by atoms with Crippen LogP contribution in [0.15, 0.2) is 0 Å². The Morgan fingerprint density at radius 2 is 2.21 bits per heavy atom. The highest BCUT2D eigenvalue weighted by Gasteiger charge is 2.33. The van der Waals surface area contributed by atoms with Crippen molar-refractivity contribution in [1.82, 2.24) is 10.2 Å². The molecule has 2 rings (SSSR count). The Morgan fingerprint density at radius 1 is 1.29 bits per heavy atom. The van der Waals surface area contributed by atoms with Crippen LogP contribution in [0.3, 0.4) is 0 Å². The summed E-state index contributed by atoms with van der Waals surface area (Å²) in [6.45, 7) is 6.13. The van der Waals surface area contributed by atoms with Crippen molar-refractivity contribution in [2.45, 2.75) is 57.5 Å². The monoisotopic (exact) mass is 196 g/mol. The van der Waals surface area contributed by atoms with Gasteiger partial charge < -0.3 is 5.32 Å². The number of nitrogens with zero attached hydrogens (tertiary/aromatic N) is 1. The molecule has 0 amide bonds. The molecule has 0 aromatic carbocycles. The summed E-state index contributed by atoms with van der Waals surface area (Å²) in [6, 6.07) is 1.70. The zero-order valence-corrected chi connectivity index (χ0v) is 9.47. The van der Waals surface area contributed by atoms with E-state index in [1.54, 1.807) is 0 Å². The Bertz CT molecular complexity index is 170. The average molecular weight is 196 g/mol. The fourth-order valence-electron chi connectivity index (χ4n) is 3.02. The lowest BCUT2D eigenvalue weighted by atomic mass is 10.1. The molecule has 1 aliphatic carbocycles. The van der Waals surface area contributed by atoms with E-state index < -0.39 is 0 Å². The molecule has 0 spiro atoms. The van der Waals surface area contributed by atoms with Gasteiger partial charge in [-0.1, -0.05) is 26.2 Å². The number of fused-ring (bicyclic) bond motifs is 1. The van der Waals surface area contributed by atoms with Gasteiger partial charge in [-0.15, -0.1) is 0 Å². The standard InChI is InChI=1S/C12H24N2/c1-2-3-4-9-14-10-8-13-11-6-5-7-12(11)14/h11-13H,2-10H2,1H3/t11-,12-/m1/s1. The predicted molar refractivity (Wildman–Crippen MR) is 60.5 cm³/mol. The van der Waals surface area contributed by atoms with Crippen LogP contribution >= 0.6 is 0 Å². The van der Waals surface area contributed by atoms with Crippen molar-refractivity contribution < 1.29 is 0 Å². The van der Waals surface area contributed by atoms with Crippen molar-refractivity contribution in [2.75, 3.05) is 19.6 Å². The minimum atomic E-state index is 0.824. The maximum atomic E-state index is 3.66. The van der Waals surface area contributed by atoms with E-state index in [1.165, 1.54) is 58.2 Å². The van der Waals surface area contributed by atoms with Crippen molar-refractivity contribution in [2.24, 2.45) is 0 Å². The Labute approximate surface area is 88.1 Å². The topological polar surface area (TPSA) is 15.3 Å². The summed E-state index contributed by atoms with van der Waals surface area (Å²) in [7, 11) is 0. The fourth-order valence-corrected chi connectivity index (χ4v) is 3.02. The summed E-state index contributed by atoms with van der Waals surface area (Å²) in [5, 5.41) is 3.66. The van der Waals surface area contributed by atoms with Crippen molar-refractivity contribution in [3.05, 3.63) is 0 Å². The van der Waals surface area contributed by atoms with Crippen molar-refractivity contribution in [3.63, 3.8) is 0 Å². The predicted octanol–water partition coefficient (Wildman–Crippen LogP) is 2.00. The van der Waals surface area contributed by atoms with Crippen LogP contribution in [-0.4, -0.2) is 36.6 Å². The summed E-state index contributed by atoms with van der Waals surface area (Å²) in [4.78, 5) is 2.74. The number of nitrogens with one attached hydrogen (secondary N) is 1. The third-order valence-corrected chi connectivity index (χ3v) is 3.80. The lowest BCUT2D eigenvalue weighted by molar-refractivity contribution is 0.134. The molecular formula is C12H24N2. The molecule has 2 heteroatoms. The van der Waals surface area contributed by atoms with Crippen LogP contribution in [0, 0.1) is 0 Å². The molecule has 1 aliphatic heterocycles. The van der Waals surface area contributed by atoms with Crippen LogP contribution in [0.25, 0.3) is 0 Å². The van der Waals surface area contributed by atoms with Gasteiger partial charge in [-0.2, -0.15) is 0 Å². The van der Waals surface area contributed by atoms with Gasteiger partial charge in [-0.25, -0.2) is 0 Å². The minimum absolute atomic E-state index is 0.824. The van der Waals surface area contributed by atoms with E-state index in [-0.39, 0.29) is 0 Å². The molecule has 0 bridgehead atoms. The van der Waals surface area contributed by atoms with E-state index in [0.717, 1.165) is 12.1 Å². The molecule has 0 aromatic heterocycles. The third-order valence-electron chi connectivity index (χ3n) is 3.80. The van der Waals surface area contributed by atoms with Crippen LogP contribution in [0.2, 0.25) is 0 Å². The maximum Gasteiger partial charge on any atom is 0.0249 e. The van der Waals surface area contributed by atoms with Crippen LogP contribution in [0.5, 0.6) is 0 Å². The highest BCUT2D eigenvalue weighted by molar-refractivity contribution is 4.93. The summed E-state index contributed by atoms with van der Waals surface area (Å²) >= 11 is 0. The molecule has 0 unspecified atom stereocenters. The largest absolute Gasteiger partial charge is 0.311 e. The highest BCUT2D eigenvalue weighted by Crippen LogP contribution is 2.26. The van der Waals surface area contributed by atoms with E-state index in [1.807, 2.05) is 0 Å². The molecule has 1 saturated carbocycles. The van der Waals surface area contributed by atoms with Gasteiger partial charge in [0.2, 0.25) is 0 Å². The van der Waals surface area contributed by atoms with E-state index in [2.05, 4.69) is 17.1 Å². The molecule has 2 nitrogen and oxygen atoms in total. The number of rotatable bonds is 4. The van der Waals surface area contributed by atoms with Crippen LogP contribution in [-0.2, 0) is 0 Å². The first-order valence-electron chi connectivity index (χ1n) is 6.39. The molecule has 1 saturated heterocycles. The van der Waals surface area contributed by atoms with Gasteiger partial charge in [0.15, 0.2) is 0 Å². The number of hydrogen-bond acceptors (Lipinski definition) is 2. The van der Waals surface area contributed by atoms with Crippen LogP contribution in [0.1, 0.15) is 45.4 Å². The van der Waals surface area contributed by atoms with Crippen molar-refractivity contribution >= 4 is 0 Å². The first kappa shape index (κ1) is 10.4. The minimum Gasteiger partial charge on any atom is -0.311 e. The van der Waals surface area contributed by atoms with Gasteiger partial charge in [0.05, 0.1) is 0 Å².